The third-order valence-corrected chi connectivity index (χ3v) is 7.87. The number of hydrogen-bond donors (Lipinski definition) is 0. The Kier molecular flexibility index (Phi) is 6.20. The number of benzene rings is 1. The molecule has 0 unspecified atom stereocenters. The molecule has 1 aromatic carbocycles. The summed E-state index contributed by atoms with van der Waals surface area (Å²) in [5, 5.41) is 0. The van der Waals surface area contributed by atoms with Crippen LogP contribution in [0.5, 0.6) is 0 Å². The summed E-state index contributed by atoms with van der Waals surface area (Å²) in [5.74, 6) is -0.0478. The van der Waals surface area contributed by atoms with E-state index in [2.05, 4.69) is 0 Å². The Balaban J connectivity index is 1.98. The van der Waals surface area contributed by atoms with Crippen molar-refractivity contribution in [1.82, 2.24) is 13.5 Å². The summed E-state index contributed by atoms with van der Waals surface area (Å²) in [6.07, 6.45) is 1.03. The molecule has 0 bridgehead atoms. The van der Waals surface area contributed by atoms with Crippen molar-refractivity contribution in [2.45, 2.75) is 11.3 Å². The van der Waals surface area contributed by atoms with Crippen molar-refractivity contribution in [3.05, 3.63) is 29.8 Å². The Morgan fingerprint density at radius 2 is 1.56 bits per heavy atom. The lowest BCUT2D eigenvalue weighted by Crippen LogP contribution is -2.48. The van der Waals surface area contributed by atoms with Crippen molar-refractivity contribution in [1.29, 1.82) is 0 Å². The number of carbonyl (C=O) groups is 1. The van der Waals surface area contributed by atoms with Gasteiger partial charge in [-0.1, -0.05) is 12.1 Å². The first-order valence-electron chi connectivity index (χ1n) is 7.85. The van der Waals surface area contributed by atoms with Gasteiger partial charge in [0.1, 0.15) is 0 Å². The Morgan fingerprint density at radius 1 is 1.00 bits per heavy atom. The molecule has 1 saturated heterocycles. The fourth-order valence-corrected chi connectivity index (χ4v) is 4.88. The van der Waals surface area contributed by atoms with Crippen LogP contribution in [0.3, 0.4) is 0 Å². The second-order valence-electron chi connectivity index (χ2n) is 6.04. The summed E-state index contributed by atoms with van der Waals surface area (Å²) in [5.41, 5.74) is 0.757. The van der Waals surface area contributed by atoms with Crippen LogP contribution in [0.2, 0.25) is 0 Å². The summed E-state index contributed by atoms with van der Waals surface area (Å²) >= 11 is 0. The SMILES string of the molecule is CN(C)S(=O)(=O)c1ccc(CCS(=O)(=O)N2CCN(C=O)CC2)cc1. The predicted octanol–water partition coefficient (Wildman–Crippen LogP) is -0.417. The molecule has 0 N–H and O–H groups in total. The number of aryl methyl sites for hydroxylation is 1. The quantitative estimate of drug-likeness (QED) is 0.591. The molecule has 1 fully saturated rings. The lowest BCUT2D eigenvalue weighted by atomic mass is 10.2. The van der Waals surface area contributed by atoms with Gasteiger partial charge in [0.05, 0.1) is 10.6 Å². The van der Waals surface area contributed by atoms with E-state index in [1.165, 1.54) is 30.5 Å². The first-order chi connectivity index (χ1) is 11.7. The highest BCUT2D eigenvalue weighted by atomic mass is 32.2. The molecule has 0 spiro atoms. The van der Waals surface area contributed by atoms with E-state index in [9.17, 15) is 21.6 Å². The Labute approximate surface area is 149 Å². The van der Waals surface area contributed by atoms with Crippen LogP contribution in [0.25, 0.3) is 0 Å². The van der Waals surface area contributed by atoms with Gasteiger partial charge >= 0.3 is 0 Å². The van der Waals surface area contributed by atoms with Crippen LogP contribution >= 0.6 is 0 Å². The second kappa shape index (κ2) is 7.81. The monoisotopic (exact) mass is 389 g/mol. The van der Waals surface area contributed by atoms with Crippen LogP contribution in [-0.2, 0) is 31.3 Å². The van der Waals surface area contributed by atoms with Gasteiger partial charge in [0.15, 0.2) is 0 Å². The summed E-state index contributed by atoms with van der Waals surface area (Å²) in [4.78, 5) is 12.4. The van der Waals surface area contributed by atoms with Crippen LogP contribution in [0.1, 0.15) is 5.56 Å². The van der Waals surface area contributed by atoms with Crippen molar-refractivity contribution in [3.8, 4) is 0 Å². The molecule has 0 radical (unpaired) electrons. The zero-order valence-electron chi connectivity index (χ0n) is 14.3. The zero-order valence-corrected chi connectivity index (χ0v) is 16.0. The van der Waals surface area contributed by atoms with Gasteiger partial charge in [0.2, 0.25) is 26.5 Å². The van der Waals surface area contributed by atoms with E-state index < -0.39 is 20.0 Å². The first-order valence-corrected chi connectivity index (χ1v) is 10.9. The average Bonchev–Trinajstić information content (AvgIpc) is 2.60. The maximum Gasteiger partial charge on any atom is 0.242 e. The standard InChI is InChI=1S/C15H23N3O5S2/c1-16(2)25(22,23)15-5-3-14(4-6-15)7-12-24(20,21)18-10-8-17(13-19)9-11-18/h3-6,13H,7-12H2,1-2H3. The molecule has 8 nitrogen and oxygen atoms in total. The minimum atomic E-state index is -3.49. The van der Waals surface area contributed by atoms with Crippen molar-refractivity contribution >= 4 is 26.5 Å². The second-order valence-corrected chi connectivity index (χ2v) is 10.3. The Morgan fingerprint density at radius 3 is 2.04 bits per heavy atom. The topological polar surface area (TPSA) is 95.1 Å². The number of amides is 1. The maximum atomic E-state index is 12.4. The van der Waals surface area contributed by atoms with Gasteiger partial charge in [-0.15, -0.1) is 0 Å². The van der Waals surface area contributed by atoms with E-state index in [4.69, 9.17) is 0 Å². The molecule has 1 amide bonds. The van der Waals surface area contributed by atoms with Crippen molar-refractivity contribution in [2.24, 2.45) is 0 Å². The lowest BCUT2D eigenvalue weighted by Gasteiger charge is -2.31. The molecule has 0 atom stereocenters. The van der Waals surface area contributed by atoms with Crippen molar-refractivity contribution in [3.63, 3.8) is 0 Å². The molecule has 1 aliphatic rings. The van der Waals surface area contributed by atoms with Crippen LogP contribution in [0.4, 0.5) is 0 Å². The molecule has 10 heteroatoms. The summed E-state index contributed by atoms with van der Waals surface area (Å²) in [6.45, 7) is 1.42. The fraction of sp³-hybridized carbons (Fsp3) is 0.533. The Bertz CT molecular complexity index is 796. The molecule has 2 rings (SSSR count). The third-order valence-electron chi connectivity index (χ3n) is 4.17. The number of rotatable bonds is 7. The zero-order chi connectivity index (χ0) is 18.7. The molecule has 0 aliphatic carbocycles. The number of piperazine rings is 1. The van der Waals surface area contributed by atoms with Crippen molar-refractivity contribution in [2.75, 3.05) is 46.0 Å². The van der Waals surface area contributed by atoms with E-state index >= 15 is 0 Å². The number of carbonyl (C=O) groups excluding carboxylic acids is 1. The summed E-state index contributed by atoms with van der Waals surface area (Å²) in [6, 6.07) is 6.24. The van der Waals surface area contributed by atoms with Gasteiger partial charge in [-0.2, -0.15) is 4.31 Å². The molecule has 1 aromatic rings. The number of nitrogens with zero attached hydrogens (tertiary/aromatic N) is 3. The molecule has 25 heavy (non-hydrogen) atoms. The van der Waals surface area contributed by atoms with Crippen LogP contribution in [0, 0.1) is 0 Å². The predicted molar refractivity (Wildman–Crippen MR) is 94.0 cm³/mol. The van der Waals surface area contributed by atoms with E-state index in [0.29, 0.717) is 32.6 Å². The molecular weight excluding hydrogens is 366 g/mol. The van der Waals surface area contributed by atoms with E-state index in [1.807, 2.05) is 0 Å². The Hall–Kier alpha value is -1.49. The summed E-state index contributed by atoms with van der Waals surface area (Å²) in [7, 11) is -3.97. The highest BCUT2D eigenvalue weighted by molar-refractivity contribution is 7.89. The van der Waals surface area contributed by atoms with Gasteiger partial charge in [-0.25, -0.2) is 21.1 Å². The molecular formula is C15H23N3O5S2. The highest BCUT2D eigenvalue weighted by Gasteiger charge is 2.26. The number of sulfonamides is 2. The van der Waals surface area contributed by atoms with Crippen LogP contribution in [-0.4, -0.2) is 82.8 Å². The normalized spacial score (nSPS) is 17.0. The van der Waals surface area contributed by atoms with E-state index in [0.717, 1.165) is 16.3 Å². The van der Waals surface area contributed by atoms with Gasteiger partial charge in [-0.3, -0.25) is 4.79 Å². The van der Waals surface area contributed by atoms with E-state index in [-0.39, 0.29) is 10.6 Å². The average molecular weight is 389 g/mol. The smallest absolute Gasteiger partial charge is 0.242 e. The summed E-state index contributed by atoms with van der Waals surface area (Å²) < 4.78 is 51.3. The fourth-order valence-electron chi connectivity index (χ4n) is 2.50. The van der Waals surface area contributed by atoms with Crippen molar-refractivity contribution < 1.29 is 21.6 Å². The van der Waals surface area contributed by atoms with Gasteiger partial charge in [0, 0.05) is 40.3 Å². The minimum absolute atomic E-state index is 0.0478. The number of hydrogen-bond acceptors (Lipinski definition) is 5. The molecule has 140 valence electrons. The van der Waals surface area contributed by atoms with Crippen LogP contribution in [0.15, 0.2) is 29.2 Å². The first kappa shape index (κ1) is 19.8. The highest BCUT2D eigenvalue weighted by Crippen LogP contribution is 2.15. The van der Waals surface area contributed by atoms with Gasteiger partial charge in [-0.05, 0) is 24.1 Å². The lowest BCUT2D eigenvalue weighted by molar-refractivity contribution is -0.119. The third kappa shape index (κ3) is 4.78. The molecule has 1 aliphatic heterocycles. The van der Waals surface area contributed by atoms with E-state index in [1.54, 1.807) is 17.0 Å². The minimum Gasteiger partial charge on any atom is -0.343 e. The molecule has 0 saturated carbocycles. The largest absolute Gasteiger partial charge is 0.343 e. The molecule has 1 heterocycles. The maximum absolute atomic E-state index is 12.4. The van der Waals surface area contributed by atoms with Crippen LogP contribution < -0.4 is 0 Å². The molecule has 0 aromatic heterocycles. The van der Waals surface area contributed by atoms with Gasteiger partial charge in [0.25, 0.3) is 0 Å². The van der Waals surface area contributed by atoms with Gasteiger partial charge < -0.3 is 4.90 Å².